The lowest BCUT2D eigenvalue weighted by molar-refractivity contribution is 0.102. The first-order valence-corrected chi connectivity index (χ1v) is 10.3. The Morgan fingerprint density at radius 2 is 2.06 bits per heavy atom. The second kappa shape index (κ2) is 8.05. The smallest absolute Gasteiger partial charge is 0.275 e. The van der Waals surface area contributed by atoms with Crippen LogP contribution >= 0.6 is 0 Å². The van der Waals surface area contributed by atoms with Crippen molar-refractivity contribution >= 4 is 17.5 Å². The first kappa shape index (κ1) is 20.9. The summed E-state index contributed by atoms with van der Waals surface area (Å²) in [6, 6.07) is 6.99. The zero-order chi connectivity index (χ0) is 22.2. The average Bonchev–Trinajstić information content (AvgIpc) is 3.37. The van der Waals surface area contributed by atoms with Gasteiger partial charge in [-0.15, -0.1) is 0 Å². The van der Waals surface area contributed by atoms with Crippen LogP contribution < -0.4 is 10.2 Å². The van der Waals surface area contributed by atoms with E-state index in [1.807, 2.05) is 24.2 Å². The van der Waals surface area contributed by atoms with Crippen molar-refractivity contribution in [2.75, 3.05) is 23.3 Å². The number of anilines is 2. The van der Waals surface area contributed by atoms with Crippen molar-refractivity contribution in [3.63, 3.8) is 0 Å². The van der Waals surface area contributed by atoms with E-state index < -0.39 is 5.67 Å². The number of rotatable bonds is 5. The molecule has 3 aromatic rings. The molecule has 0 aliphatic carbocycles. The lowest BCUT2D eigenvalue weighted by Gasteiger charge is -2.23. The Morgan fingerprint density at radius 3 is 2.74 bits per heavy atom. The van der Waals surface area contributed by atoms with Crippen molar-refractivity contribution < 1.29 is 9.18 Å². The van der Waals surface area contributed by atoms with Gasteiger partial charge in [0.15, 0.2) is 0 Å². The Kier molecular flexibility index (Phi) is 5.43. The average molecular weight is 423 g/mol. The van der Waals surface area contributed by atoms with Gasteiger partial charge in [-0.2, -0.15) is 5.10 Å². The molecule has 1 aliphatic heterocycles. The van der Waals surface area contributed by atoms with Gasteiger partial charge in [0.05, 0.1) is 11.9 Å². The SMILES string of the molecule is Cc1nc(NC(=O)c2cccc(-c3cnn(C)c3)n2)cc(N2CCC(C(C)(C)F)C2)n1. The lowest BCUT2D eigenvalue weighted by atomic mass is 9.92. The minimum atomic E-state index is -1.24. The van der Waals surface area contributed by atoms with Crippen molar-refractivity contribution in [2.45, 2.75) is 32.9 Å². The number of carbonyl (C=O) groups excluding carboxylic acids is 1. The fourth-order valence-corrected chi connectivity index (χ4v) is 3.76. The van der Waals surface area contributed by atoms with Gasteiger partial charge in [0.1, 0.15) is 28.8 Å². The summed E-state index contributed by atoms with van der Waals surface area (Å²) in [5.41, 5.74) is 0.535. The number of aryl methyl sites for hydroxylation is 2. The first-order chi connectivity index (χ1) is 14.7. The van der Waals surface area contributed by atoms with Gasteiger partial charge in [-0.3, -0.25) is 9.48 Å². The molecule has 0 radical (unpaired) electrons. The quantitative estimate of drug-likeness (QED) is 0.677. The molecule has 8 nitrogen and oxygen atoms in total. The molecular formula is C22H26FN7O. The predicted molar refractivity (Wildman–Crippen MR) is 117 cm³/mol. The van der Waals surface area contributed by atoms with Crippen LogP contribution in [0.4, 0.5) is 16.0 Å². The highest BCUT2D eigenvalue weighted by molar-refractivity contribution is 6.02. The number of aromatic nitrogens is 5. The van der Waals surface area contributed by atoms with Gasteiger partial charge in [0.2, 0.25) is 0 Å². The second-order valence-corrected chi connectivity index (χ2v) is 8.42. The fraction of sp³-hybridized carbons (Fsp3) is 0.409. The van der Waals surface area contributed by atoms with Gasteiger partial charge in [0, 0.05) is 43.9 Å². The minimum Gasteiger partial charge on any atom is -0.356 e. The van der Waals surface area contributed by atoms with Crippen molar-refractivity contribution in [3.05, 3.63) is 48.2 Å². The van der Waals surface area contributed by atoms with Crippen LogP contribution in [0.15, 0.2) is 36.7 Å². The van der Waals surface area contributed by atoms with Crippen LogP contribution in [0.25, 0.3) is 11.3 Å². The normalized spacial score (nSPS) is 16.5. The number of nitrogens with one attached hydrogen (secondary N) is 1. The van der Waals surface area contributed by atoms with Crippen LogP contribution in [0.2, 0.25) is 0 Å². The highest BCUT2D eigenvalue weighted by atomic mass is 19.1. The zero-order valence-corrected chi connectivity index (χ0v) is 18.1. The Labute approximate surface area is 180 Å². The lowest BCUT2D eigenvalue weighted by Crippen LogP contribution is -2.30. The summed E-state index contributed by atoms with van der Waals surface area (Å²) in [5, 5.41) is 6.96. The topological polar surface area (TPSA) is 88.8 Å². The first-order valence-electron chi connectivity index (χ1n) is 10.3. The Morgan fingerprint density at radius 1 is 1.26 bits per heavy atom. The largest absolute Gasteiger partial charge is 0.356 e. The molecule has 1 unspecified atom stereocenters. The molecule has 3 aromatic heterocycles. The van der Waals surface area contributed by atoms with Crippen LogP contribution in [0.3, 0.4) is 0 Å². The third kappa shape index (κ3) is 4.70. The van der Waals surface area contributed by atoms with Gasteiger partial charge in [-0.1, -0.05) is 6.07 Å². The maximum absolute atomic E-state index is 14.3. The van der Waals surface area contributed by atoms with E-state index in [1.54, 1.807) is 49.8 Å². The number of halogens is 1. The molecule has 1 fully saturated rings. The molecular weight excluding hydrogens is 397 g/mol. The van der Waals surface area contributed by atoms with Gasteiger partial charge in [-0.25, -0.2) is 19.3 Å². The molecule has 31 heavy (non-hydrogen) atoms. The summed E-state index contributed by atoms with van der Waals surface area (Å²) in [6.07, 6.45) is 4.30. The molecule has 1 saturated heterocycles. The van der Waals surface area contributed by atoms with Gasteiger partial charge < -0.3 is 10.2 Å². The minimum absolute atomic E-state index is 0.0553. The van der Waals surface area contributed by atoms with E-state index in [2.05, 4.69) is 25.4 Å². The summed E-state index contributed by atoms with van der Waals surface area (Å²) >= 11 is 0. The highest BCUT2D eigenvalue weighted by Gasteiger charge is 2.35. The van der Waals surface area contributed by atoms with Gasteiger partial charge in [-0.05, 0) is 39.3 Å². The van der Waals surface area contributed by atoms with E-state index in [0.717, 1.165) is 18.5 Å². The fourth-order valence-electron chi connectivity index (χ4n) is 3.76. The van der Waals surface area contributed by atoms with E-state index in [0.29, 0.717) is 29.7 Å². The monoisotopic (exact) mass is 423 g/mol. The second-order valence-electron chi connectivity index (χ2n) is 8.42. The number of pyridine rings is 1. The molecule has 1 N–H and O–H groups in total. The summed E-state index contributed by atoms with van der Waals surface area (Å²) in [5.74, 6) is 1.20. The van der Waals surface area contributed by atoms with Gasteiger partial charge in [0.25, 0.3) is 5.91 Å². The Balaban J connectivity index is 1.52. The molecule has 1 atom stereocenters. The van der Waals surface area contributed by atoms with E-state index in [4.69, 9.17) is 0 Å². The van der Waals surface area contributed by atoms with E-state index in [1.165, 1.54) is 0 Å². The van der Waals surface area contributed by atoms with Crippen molar-refractivity contribution in [1.29, 1.82) is 0 Å². The molecule has 1 aliphatic rings. The Hall–Kier alpha value is -3.36. The molecule has 4 rings (SSSR count). The summed E-state index contributed by atoms with van der Waals surface area (Å²) in [4.78, 5) is 28.1. The summed E-state index contributed by atoms with van der Waals surface area (Å²) in [7, 11) is 1.83. The van der Waals surface area contributed by atoms with Crippen LogP contribution in [-0.2, 0) is 7.05 Å². The predicted octanol–water partition coefficient (Wildman–Crippen LogP) is 3.41. The number of hydrogen-bond acceptors (Lipinski definition) is 6. The summed E-state index contributed by atoms with van der Waals surface area (Å²) in [6.45, 7) is 6.31. The number of carbonyl (C=O) groups is 1. The van der Waals surface area contributed by atoms with Crippen LogP contribution in [0.5, 0.6) is 0 Å². The maximum atomic E-state index is 14.3. The molecule has 9 heteroatoms. The molecule has 162 valence electrons. The molecule has 1 amide bonds. The molecule has 0 bridgehead atoms. The maximum Gasteiger partial charge on any atom is 0.275 e. The van der Waals surface area contributed by atoms with Gasteiger partial charge >= 0.3 is 0 Å². The molecule has 0 aromatic carbocycles. The Bertz CT molecular complexity index is 1110. The van der Waals surface area contributed by atoms with E-state index in [9.17, 15) is 9.18 Å². The number of amides is 1. The third-order valence-electron chi connectivity index (χ3n) is 5.53. The number of alkyl halides is 1. The highest BCUT2D eigenvalue weighted by Crippen LogP contribution is 2.32. The standard InChI is InChI=1S/C22H26FN7O/c1-14-25-19(10-20(26-14)30-9-8-16(13-30)22(2,3)23)28-21(31)18-7-5-6-17(27-18)15-11-24-29(4)12-15/h5-7,10-12,16H,8-9,13H2,1-4H3,(H,25,26,28,31). The summed E-state index contributed by atoms with van der Waals surface area (Å²) < 4.78 is 16.0. The number of nitrogens with zero attached hydrogens (tertiary/aromatic N) is 6. The van der Waals surface area contributed by atoms with Crippen molar-refractivity contribution in [2.24, 2.45) is 13.0 Å². The van der Waals surface area contributed by atoms with Crippen LogP contribution in [0.1, 0.15) is 36.6 Å². The van der Waals surface area contributed by atoms with Crippen molar-refractivity contribution in [1.82, 2.24) is 24.7 Å². The number of hydrogen-bond donors (Lipinski definition) is 1. The molecule has 0 spiro atoms. The third-order valence-corrected chi connectivity index (χ3v) is 5.53. The zero-order valence-electron chi connectivity index (χ0n) is 18.1. The van der Waals surface area contributed by atoms with Crippen LogP contribution in [0, 0.1) is 12.8 Å². The molecule has 4 heterocycles. The van der Waals surface area contributed by atoms with Crippen LogP contribution in [-0.4, -0.2) is 49.4 Å². The molecule has 0 saturated carbocycles. The van der Waals surface area contributed by atoms with E-state index >= 15 is 0 Å². The van der Waals surface area contributed by atoms with E-state index in [-0.39, 0.29) is 17.5 Å². The van der Waals surface area contributed by atoms with Crippen molar-refractivity contribution in [3.8, 4) is 11.3 Å².